The summed E-state index contributed by atoms with van der Waals surface area (Å²) in [5.41, 5.74) is 0. The molecule has 0 radical (unpaired) electrons. The molecule has 1 saturated heterocycles. The highest BCUT2D eigenvalue weighted by molar-refractivity contribution is 5.74. The number of carbonyl (C=O) groups excluding carboxylic acids is 3. The van der Waals surface area contributed by atoms with E-state index in [0.717, 1.165) is 109 Å². The lowest BCUT2D eigenvalue weighted by atomic mass is 9.98. The molecule has 1 aliphatic rings. The Bertz CT molecular complexity index is 1780. The van der Waals surface area contributed by atoms with Gasteiger partial charge in [-0.05, 0) is 96.3 Å². The van der Waals surface area contributed by atoms with Gasteiger partial charge in [0.05, 0.1) is 6.61 Å². The van der Waals surface area contributed by atoms with Crippen LogP contribution in [0.25, 0.3) is 0 Å². The molecule has 0 bridgehead atoms. The predicted octanol–water partition coefficient (Wildman–Crippen LogP) is 17.2. The van der Waals surface area contributed by atoms with Crippen LogP contribution in [-0.4, -0.2) is 89.2 Å². The van der Waals surface area contributed by atoms with Crippen LogP contribution < -0.4 is 0 Å². The lowest BCUT2D eigenvalue weighted by Crippen LogP contribution is -2.61. The van der Waals surface area contributed by atoms with Crippen molar-refractivity contribution < 1.29 is 58.2 Å². The number of unbranched alkanes of at least 4 members (excludes halogenated alkanes) is 24. The van der Waals surface area contributed by atoms with E-state index in [1.165, 1.54) is 89.9 Å². The fourth-order valence-corrected chi connectivity index (χ4v) is 9.23. The highest BCUT2D eigenvalue weighted by atomic mass is 16.7. The third-order valence-electron chi connectivity index (χ3n) is 14.1. The number of ether oxygens (including phenoxy) is 5. The molecule has 12 nitrogen and oxygen atoms in total. The second-order valence-corrected chi connectivity index (χ2v) is 21.7. The zero-order valence-electron chi connectivity index (χ0n) is 51.0. The number of hydrogen-bond acceptors (Lipinski definition) is 11. The van der Waals surface area contributed by atoms with E-state index in [4.69, 9.17) is 23.7 Å². The summed E-state index contributed by atoms with van der Waals surface area (Å²) in [6.07, 6.45) is 62.2. The van der Waals surface area contributed by atoms with Gasteiger partial charge in [0.1, 0.15) is 18.8 Å². The summed E-state index contributed by atoms with van der Waals surface area (Å²) >= 11 is 0. The molecule has 6 unspecified atom stereocenters. The van der Waals surface area contributed by atoms with Crippen molar-refractivity contribution >= 4 is 23.9 Å². The van der Waals surface area contributed by atoms with Crippen molar-refractivity contribution in [3.63, 3.8) is 0 Å². The van der Waals surface area contributed by atoms with E-state index in [-0.39, 0.29) is 25.9 Å². The molecule has 0 aromatic carbocycles. The van der Waals surface area contributed by atoms with Gasteiger partial charge in [0.2, 0.25) is 0 Å². The monoisotopic (exact) mass is 1130 g/mol. The molecular weight excluding hydrogens is 1020 g/mol. The van der Waals surface area contributed by atoms with Crippen molar-refractivity contribution in [3.05, 3.63) is 97.2 Å². The number of carboxylic acid groups (broad SMARTS) is 1. The number of aliphatic carboxylic acids is 1. The zero-order chi connectivity index (χ0) is 58.9. The number of carboxylic acids is 1. The average Bonchev–Trinajstić information content (AvgIpc) is 3.53. The summed E-state index contributed by atoms with van der Waals surface area (Å²) in [6, 6.07) is 0. The maximum atomic E-state index is 13.2. The summed E-state index contributed by atoms with van der Waals surface area (Å²) in [5.74, 6) is -3.21. The number of esters is 3. The molecule has 0 aromatic rings. The van der Waals surface area contributed by atoms with Crippen molar-refractivity contribution in [2.75, 3.05) is 13.2 Å². The minimum Gasteiger partial charge on any atom is -0.479 e. The van der Waals surface area contributed by atoms with Crippen LogP contribution in [0.15, 0.2) is 97.2 Å². The SMILES string of the molecule is CC/C=C\C/C=C\C/C=C\C/C=C\C/C=C\CCCC(=O)OCC(COC1OC(C(=O)O)C(O)C(O)C1OC(=O)CCCCCCCC/C=C\C/C=C\C/C=C\CCCCC)OC(=O)CCCCCCCCCCCCCCCCC. The first-order chi connectivity index (χ1) is 39.6. The van der Waals surface area contributed by atoms with Crippen LogP contribution in [0.1, 0.15) is 265 Å². The van der Waals surface area contributed by atoms with E-state index in [1.54, 1.807) is 0 Å². The first kappa shape index (κ1) is 74.7. The van der Waals surface area contributed by atoms with Crippen LogP contribution in [0.4, 0.5) is 0 Å². The van der Waals surface area contributed by atoms with Gasteiger partial charge in [0, 0.05) is 19.3 Å². The fraction of sp³-hybridized carbons (Fsp3) is 0.710. The van der Waals surface area contributed by atoms with E-state index in [1.807, 2.05) is 6.08 Å². The van der Waals surface area contributed by atoms with Crippen LogP contribution in [0, 0.1) is 0 Å². The van der Waals surface area contributed by atoms with Gasteiger partial charge in [-0.25, -0.2) is 4.79 Å². The molecule has 1 aliphatic heterocycles. The van der Waals surface area contributed by atoms with E-state index in [2.05, 4.69) is 112 Å². The quantitative estimate of drug-likeness (QED) is 0.0228. The van der Waals surface area contributed by atoms with Crippen molar-refractivity contribution in [2.24, 2.45) is 0 Å². The van der Waals surface area contributed by atoms with Crippen LogP contribution in [-0.2, 0) is 42.9 Å². The molecule has 6 atom stereocenters. The molecule has 0 saturated carbocycles. The Morgan fingerprint density at radius 1 is 0.420 bits per heavy atom. The minimum absolute atomic E-state index is 0.0376. The number of carbonyl (C=O) groups is 4. The van der Waals surface area contributed by atoms with Crippen molar-refractivity contribution in [2.45, 2.75) is 302 Å². The Morgan fingerprint density at radius 2 is 0.790 bits per heavy atom. The van der Waals surface area contributed by atoms with Gasteiger partial charge in [0.25, 0.3) is 0 Å². The van der Waals surface area contributed by atoms with Gasteiger partial charge in [-0.2, -0.15) is 0 Å². The molecule has 1 fully saturated rings. The van der Waals surface area contributed by atoms with Crippen molar-refractivity contribution in [1.82, 2.24) is 0 Å². The van der Waals surface area contributed by atoms with E-state index < -0.39 is 67.3 Å². The molecule has 1 rings (SSSR count). The highest BCUT2D eigenvalue weighted by Gasteiger charge is 2.50. The molecule has 0 aliphatic carbocycles. The standard InChI is InChI=1S/C69H114O12/c1-4-7-10-13-16-19-22-25-28-30-31-33-36-39-42-45-48-51-54-57-63(72)80-67-65(74)64(73)66(68(75)76)81-69(67)78-59-60(79-62(71)56-53-50-47-44-41-38-34-27-24-21-18-15-12-9-6-3)58-77-61(70)55-52-49-46-43-40-37-35-32-29-26-23-20-17-14-11-8-5-2/h8,11,16-17,19-20,25-26,28-29,31,33,35,37,43,46,60,64-67,69,73-74H,4-7,9-10,12-15,18,21-24,27,30,32,34,36,38-42,44-45,47-59H2,1-3H3,(H,75,76)/b11-8-,19-16-,20-17-,28-25-,29-26-,33-31-,37-35-,46-43-. The van der Waals surface area contributed by atoms with Gasteiger partial charge < -0.3 is 39.0 Å². The van der Waals surface area contributed by atoms with Crippen LogP contribution in [0.5, 0.6) is 0 Å². The largest absolute Gasteiger partial charge is 0.479 e. The van der Waals surface area contributed by atoms with Crippen molar-refractivity contribution in [1.29, 1.82) is 0 Å². The Balaban J connectivity index is 2.70. The van der Waals surface area contributed by atoms with Gasteiger partial charge in [-0.3, -0.25) is 14.4 Å². The summed E-state index contributed by atoms with van der Waals surface area (Å²) in [6.45, 7) is 5.82. The third-order valence-corrected chi connectivity index (χ3v) is 14.1. The summed E-state index contributed by atoms with van der Waals surface area (Å²) in [5, 5.41) is 31.6. The topological polar surface area (TPSA) is 175 Å². The predicted molar refractivity (Wildman–Crippen MR) is 331 cm³/mol. The molecule has 12 heteroatoms. The minimum atomic E-state index is -1.92. The molecule has 462 valence electrons. The maximum Gasteiger partial charge on any atom is 0.335 e. The Kier molecular flexibility index (Phi) is 51.7. The molecule has 0 amide bonds. The first-order valence-corrected chi connectivity index (χ1v) is 32.2. The number of aliphatic hydroxyl groups is 2. The average molecular weight is 1140 g/mol. The number of rotatable bonds is 54. The Hall–Kier alpha value is -4.36. The normalized spacial score (nSPS) is 18.4. The van der Waals surface area contributed by atoms with Crippen LogP contribution in [0.2, 0.25) is 0 Å². The van der Waals surface area contributed by atoms with E-state index in [0.29, 0.717) is 25.7 Å². The fourth-order valence-electron chi connectivity index (χ4n) is 9.23. The second kappa shape index (κ2) is 56.1. The molecule has 0 spiro atoms. The van der Waals surface area contributed by atoms with Gasteiger partial charge in [-0.15, -0.1) is 0 Å². The Labute approximate surface area is 492 Å². The summed E-state index contributed by atoms with van der Waals surface area (Å²) in [7, 11) is 0. The number of allylic oxidation sites excluding steroid dienone is 16. The summed E-state index contributed by atoms with van der Waals surface area (Å²) in [4.78, 5) is 51.3. The van der Waals surface area contributed by atoms with Gasteiger partial charge in [0.15, 0.2) is 24.6 Å². The molecule has 3 N–H and O–H groups in total. The van der Waals surface area contributed by atoms with Crippen molar-refractivity contribution in [3.8, 4) is 0 Å². The summed E-state index contributed by atoms with van der Waals surface area (Å²) < 4.78 is 28.5. The maximum absolute atomic E-state index is 13.2. The smallest absolute Gasteiger partial charge is 0.335 e. The molecular formula is C69H114O12. The Morgan fingerprint density at radius 3 is 1.25 bits per heavy atom. The lowest BCUT2D eigenvalue weighted by Gasteiger charge is -2.40. The second-order valence-electron chi connectivity index (χ2n) is 21.7. The van der Waals surface area contributed by atoms with E-state index >= 15 is 0 Å². The van der Waals surface area contributed by atoms with E-state index in [9.17, 15) is 34.5 Å². The van der Waals surface area contributed by atoms with Gasteiger partial charge in [-0.1, -0.05) is 246 Å². The number of aliphatic hydroxyl groups excluding tert-OH is 2. The van der Waals surface area contributed by atoms with Crippen LogP contribution >= 0.6 is 0 Å². The van der Waals surface area contributed by atoms with Gasteiger partial charge >= 0.3 is 23.9 Å². The molecule has 0 aromatic heterocycles. The number of hydrogen-bond donors (Lipinski definition) is 3. The third kappa shape index (κ3) is 45.8. The molecule has 1 heterocycles. The molecule has 81 heavy (non-hydrogen) atoms. The van der Waals surface area contributed by atoms with Crippen LogP contribution in [0.3, 0.4) is 0 Å². The first-order valence-electron chi connectivity index (χ1n) is 32.2. The lowest BCUT2D eigenvalue weighted by molar-refractivity contribution is -0.301. The zero-order valence-corrected chi connectivity index (χ0v) is 51.0. The highest BCUT2D eigenvalue weighted by Crippen LogP contribution is 2.26.